The second kappa shape index (κ2) is 9.49. The van der Waals surface area contributed by atoms with Crippen molar-refractivity contribution in [1.82, 2.24) is 4.90 Å². The Morgan fingerprint density at radius 2 is 1.54 bits per heavy atom. The molecule has 2 rings (SSSR count). The van der Waals surface area contributed by atoms with Crippen LogP contribution in [-0.2, 0) is 27.1 Å². The van der Waals surface area contributed by atoms with E-state index in [1.165, 1.54) is 11.1 Å². The van der Waals surface area contributed by atoms with Crippen LogP contribution in [0.2, 0.25) is 0 Å². The predicted octanol–water partition coefficient (Wildman–Crippen LogP) is 1.68. The lowest BCUT2D eigenvalue weighted by Gasteiger charge is -2.20. The number of methoxy groups -OCH3 is 3. The number of hydrogen-bond acceptors (Lipinski definition) is 5. The Kier molecular flexibility index (Phi) is 7.34. The van der Waals surface area contributed by atoms with Crippen molar-refractivity contribution >= 4 is 5.91 Å². The zero-order valence-corrected chi connectivity index (χ0v) is 14.8. The third-order valence-corrected chi connectivity index (χ3v) is 4.25. The van der Waals surface area contributed by atoms with Crippen LogP contribution >= 0.6 is 0 Å². The van der Waals surface area contributed by atoms with Crippen LogP contribution in [0.4, 0.5) is 0 Å². The summed E-state index contributed by atoms with van der Waals surface area (Å²) in [5.41, 5.74) is 2.44. The van der Waals surface area contributed by atoms with Gasteiger partial charge in [-0.15, -0.1) is 0 Å². The predicted molar refractivity (Wildman–Crippen MR) is 90.8 cm³/mol. The summed E-state index contributed by atoms with van der Waals surface area (Å²) in [4.78, 5) is 14.3. The Morgan fingerprint density at radius 3 is 2.04 bits per heavy atom. The number of fused-ring (bicyclic) bond motifs is 1. The zero-order chi connectivity index (χ0) is 17.4. The third kappa shape index (κ3) is 4.85. The van der Waals surface area contributed by atoms with Crippen molar-refractivity contribution in [3.63, 3.8) is 0 Å². The molecule has 0 saturated carbocycles. The standard InChI is InChI=1S/C18H27NO5/c1-21-10-11-24-9-6-18(20)19-7-4-14-12-16(22-2)17(23-3)13-15(14)5-8-19/h12-13H,4-11H2,1-3H3. The molecule has 1 heterocycles. The SMILES string of the molecule is COCCOCCC(=O)N1CCc2cc(OC)c(OC)cc2CC1. The molecule has 1 aromatic rings. The molecule has 134 valence electrons. The molecule has 0 fully saturated rings. The summed E-state index contributed by atoms with van der Waals surface area (Å²) in [5, 5.41) is 0. The van der Waals surface area contributed by atoms with Crippen LogP contribution in [0.1, 0.15) is 17.5 Å². The lowest BCUT2D eigenvalue weighted by Crippen LogP contribution is -2.33. The lowest BCUT2D eigenvalue weighted by atomic mass is 10.0. The molecule has 1 aliphatic heterocycles. The first-order valence-electron chi connectivity index (χ1n) is 8.27. The summed E-state index contributed by atoms with van der Waals surface area (Å²) in [7, 11) is 4.91. The molecule has 6 nitrogen and oxygen atoms in total. The fraction of sp³-hybridized carbons (Fsp3) is 0.611. The molecule has 0 aromatic heterocycles. The van der Waals surface area contributed by atoms with E-state index in [1.807, 2.05) is 17.0 Å². The molecule has 0 spiro atoms. The second-order valence-corrected chi connectivity index (χ2v) is 5.71. The van der Waals surface area contributed by atoms with E-state index in [0.717, 1.165) is 37.4 Å². The van der Waals surface area contributed by atoms with Gasteiger partial charge in [0.1, 0.15) is 0 Å². The van der Waals surface area contributed by atoms with Gasteiger partial charge in [-0.2, -0.15) is 0 Å². The largest absolute Gasteiger partial charge is 0.493 e. The van der Waals surface area contributed by atoms with Gasteiger partial charge < -0.3 is 23.8 Å². The number of rotatable bonds is 8. The van der Waals surface area contributed by atoms with Gasteiger partial charge in [0, 0.05) is 20.2 Å². The Hall–Kier alpha value is -1.79. The average Bonchev–Trinajstić information content (AvgIpc) is 2.82. The number of amides is 1. The molecule has 0 unspecified atom stereocenters. The molecular weight excluding hydrogens is 310 g/mol. The molecule has 6 heteroatoms. The summed E-state index contributed by atoms with van der Waals surface area (Å²) >= 11 is 0. The van der Waals surface area contributed by atoms with Crippen LogP contribution in [-0.4, -0.2) is 65.0 Å². The molecule has 0 aliphatic carbocycles. The maximum Gasteiger partial charge on any atom is 0.224 e. The van der Waals surface area contributed by atoms with Gasteiger partial charge in [-0.25, -0.2) is 0 Å². The Bertz CT molecular complexity index is 511. The van der Waals surface area contributed by atoms with Crippen LogP contribution in [0, 0.1) is 0 Å². The van der Waals surface area contributed by atoms with Crippen molar-refractivity contribution < 1.29 is 23.7 Å². The van der Waals surface area contributed by atoms with Gasteiger partial charge >= 0.3 is 0 Å². The van der Waals surface area contributed by atoms with Crippen molar-refractivity contribution in [2.45, 2.75) is 19.3 Å². The summed E-state index contributed by atoms with van der Waals surface area (Å²) in [6.45, 7) is 2.96. The quantitative estimate of drug-likeness (QED) is 0.676. The molecule has 0 bridgehead atoms. The van der Waals surface area contributed by atoms with Gasteiger partial charge in [0.05, 0.1) is 40.5 Å². The van der Waals surface area contributed by atoms with E-state index >= 15 is 0 Å². The normalized spacial score (nSPS) is 14.0. The van der Waals surface area contributed by atoms with E-state index in [1.54, 1.807) is 21.3 Å². The van der Waals surface area contributed by atoms with Crippen LogP contribution in [0.3, 0.4) is 0 Å². The smallest absolute Gasteiger partial charge is 0.224 e. The third-order valence-electron chi connectivity index (χ3n) is 4.25. The highest BCUT2D eigenvalue weighted by atomic mass is 16.5. The van der Waals surface area contributed by atoms with E-state index in [-0.39, 0.29) is 5.91 Å². The summed E-state index contributed by atoms with van der Waals surface area (Å²) in [6, 6.07) is 4.05. The lowest BCUT2D eigenvalue weighted by molar-refractivity contribution is -0.132. The molecule has 0 N–H and O–H groups in total. The number of carbonyl (C=O) groups excluding carboxylic acids is 1. The fourth-order valence-electron chi connectivity index (χ4n) is 2.86. The van der Waals surface area contributed by atoms with Crippen LogP contribution in [0.15, 0.2) is 12.1 Å². The minimum Gasteiger partial charge on any atom is -0.493 e. The number of ether oxygens (including phenoxy) is 4. The van der Waals surface area contributed by atoms with Crippen molar-refractivity contribution in [2.24, 2.45) is 0 Å². The molecule has 0 saturated heterocycles. The summed E-state index contributed by atoms with van der Waals surface area (Å²) < 4.78 is 21.0. The van der Waals surface area contributed by atoms with E-state index in [0.29, 0.717) is 26.2 Å². The molecule has 1 aromatic carbocycles. The van der Waals surface area contributed by atoms with Gasteiger partial charge in [-0.05, 0) is 36.1 Å². The number of nitrogens with zero attached hydrogens (tertiary/aromatic N) is 1. The Labute approximate surface area is 143 Å². The first-order chi connectivity index (χ1) is 11.7. The Balaban J connectivity index is 1.91. The van der Waals surface area contributed by atoms with Crippen molar-refractivity contribution in [3.8, 4) is 11.5 Å². The Morgan fingerprint density at radius 1 is 0.958 bits per heavy atom. The van der Waals surface area contributed by atoms with Crippen LogP contribution in [0.5, 0.6) is 11.5 Å². The van der Waals surface area contributed by atoms with E-state index < -0.39 is 0 Å². The van der Waals surface area contributed by atoms with Gasteiger partial charge in [-0.1, -0.05) is 0 Å². The molecular formula is C18H27NO5. The first kappa shape index (κ1) is 18.5. The topological polar surface area (TPSA) is 57.2 Å². The minimum atomic E-state index is 0.138. The zero-order valence-electron chi connectivity index (χ0n) is 14.8. The first-order valence-corrected chi connectivity index (χ1v) is 8.27. The summed E-state index contributed by atoms with van der Waals surface area (Å²) in [6.07, 6.45) is 2.06. The van der Waals surface area contributed by atoms with Crippen LogP contribution in [0.25, 0.3) is 0 Å². The van der Waals surface area contributed by atoms with Gasteiger partial charge in [0.2, 0.25) is 5.91 Å². The van der Waals surface area contributed by atoms with Crippen molar-refractivity contribution in [1.29, 1.82) is 0 Å². The molecule has 0 radical (unpaired) electrons. The molecule has 1 aliphatic rings. The average molecular weight is 337 g/mol. The van der Waals surface area contributed by atoms with E-state index in [9.17, 15) is 4.79 Å². The number of carbonyl (C=O) groups is 1. The van der Waals surface area contributed by atoms with E-state index in [2.05, 4.69) is 0 Å². The molecule has 0 atom stereocenters. The maximum absolute atomic E-state index is 12.3. The monoisotopic (exact) mass is 337 g/mol. The number of benzene rings is 1. The molecule has 1 amide bonds. The number of hydrogen-bond donors (Lipinski definition) is 0. The highest BCUT2D eigenvalue weighted by Gasteiger charge is 2.20. The highest BCUT2D eigenvalue weighted by molar-refractivity contribution is 5.76. The maximum atomic E-state index is 12.3. The van der Waals surface area contributed by atoms with Gasteiger partial charge in [-0.3, -0.25) is 4.79 Å². The highest BCUT2D eigenvalue weighted by Crippen LogP contribution is 2.32. The van der Waals surface area contributed by atoms with Gasteiger partial charge in [0.15, 0.2) is 11.5 Å². The minimum absolute atomic E-state index is 0.138. The van der Waals surface area contributed by atoms with Gasteiger partial charge in [0.25, 0.3) is 0 Å². The second-order valence-electron chi connectivity index (χ2n) is 5.71. The van der Waals surface area contributed by atoms with Crippen molar-refractivity contribution in [3.05, 3.63) is 23.3 Å². The summed E-state index contributed by atoms with van der Waals surface area (Å²) in [5.74, 6) is 1.62. The van der Waals surface area contributed by atoms with E-state index in [4.69, 9.17) is 18.9 Å². The van der Waals surface area contributed by atoms with Crippen molar-refractivity contribution in [2.75, 3.05) is 54.2 Å². The molecule has 24 heavy (non-hydrogen) atoms. The van der Waals surface area contributed by atoms with Crippen LogP contribution < -0.4 is 9.47 Å². The fourth-order valence-corrected chi connectivity index (χ4v) is 2.86.